The Morgan fingerprint density at radius 1 is 0.463 bits per heavy atom. The number of nitrogens with one attached hydrogen (secondary N) is 2. The molecule has 0 radical (unpaired) electrons. The highest BCUT2D eigenvalue weighted by Crippen LogP contribution is 2.26. The van der Waals surface area contributed by atoms with Crippen LogP contribution < -0.4 is 16.4 Å². The smallest absolute Gasteiger partial charge is 0.409 e. The number of rotatable bonds is 21. The molecular weight excluding hydrogens is 1210 g/mol. The lowest BCUT2D eigenvalue weighted by Crippen LogP contribution is -2.55. The third-order valence-electron chi connectivity index (χ3n) is 17.0. The zero-order valence-electron chi connectivity index (χ0n) is 56.8. The van der Waals surface area contributed by atoms with Gasteiger partial charge in [-0.1, -0.05) is 189 Å². The zero-order valence-corrected chi connectivity index (χ0v) is 57.6. The van der Waals surface area contributed by atoms with Gasteiger partial charge in [0.1, 0.15) is 0 Å². The van der Waals surface area contributed by atoms with Crippen LogP contribution in [0.2, 0.25) is 0 Å². The molecule has 4 fully saturated rings. The van der Waals surface area contributed by atoms with Crippen molar-refractivity contribution in [3.63, 3.8) is 0 Å². The summed E-state index contributed by atoms with van der Waals surface area (Å²) in [4.78, 5) is 34.5. The lowest BCUT2D eigenvalue weighted by atomic mass is 9.98. The summed E-state index contributed by atoms with van der Waals surface area (Å²) in [7, 11) is 7.00. The van der Waals surface area contributed by atoms with E-state index >= 15 is 0 Å². The molecule has 6 aromatic rings. The van der Waals surface area contributed by atoms with E-state index in [1.807, 2.05) is 33.3 Å². The number of benzene rings is 6. The molecule has 95 heavy (non-hydrogen) atoms. The molecule has 4 aliphatic heterocycles. The average Bonchev–Trinajstić information content (AvgIpc) is 0.859. The van der Waals surface area contributed by atoms with Crippen LogP contribution in [0.1, 0.15) is 87.3 Å². The third-order valence-corrected chi connectivity index (χ3v) is 17.0. The molecule has 8 atom stereocenters. The van der Waals surface area contributed by atoms with Gasteiger partial charge in [0, 0.05) is 118 Å². The van der Waals surface area contributed by atoms with Crippen molar-refractivity contribution in [2.45, 2.75) is 142 Å². The van der Waals surface area contributed by atoms with E-state index in [0.717, 1.165) is 91.1 Å². The third kappa shape index (κ3) is 29.0. The summed E-state index contributed by atoms with van der Waals surface area (Å²) in [5.74, 6) is 2.25. The number of hydrogen-bond donors (Lipinski definition) is 3. The molecule has 4 heterocycles. The predicted molar refractivity (Wildman–Crippen MR) is 389 cm³/mol. The lowest BCUT2D eigenvalue weighted by Gasteiger charge is -2.43. The summed E-state index contributed by atoms with van der Waals surface area (Å²) in [5.41, 5.74) is 13.8. The van der Waals surface area contributed by atoms with Crippen molar-refractivity contribution in [2.75, 3.05) is 94.0 Å². The van der Waals surface area contributed by atoms with Gasteiger partial charge >= 0.3 is 12.2 Å². The largest absolute Gasteiger partial charge is 0.450 e. The molecule has 0 saturated carbocycles. The fourth-order valence-corrected chi connectivity index (χ4v) is 12.2. The first-order valence-electron chi connectivity index (χ1n) is 32.8. The second-order valence-corrected chi connectivity index (χ2v) is 23.2. The molecule has 0 aliphatic carbocycles. The van der Waals surface area contributed by atoms with Crippen LogP contribution in [0.15, 0.2) is 182 Å². The molecule has 4 saturated heterocycles. The van der Waals surface area contributed by atoms with Gasteiger partial charge in [-0.2, -0.15) is 0 Å². The summed E-state index contributed by atoms with van der Waals surface area (Å²) in [6, 6.07) is 65.1. The molecule has 6 aromatic carbocycles. The Hall–Kier alpha value is -7.13. The monoisotopic (exact) mass is 1320 g/mol. The Labute approximate surface area is 576 Å². The molecule has 0 spiro atoms. The number of likely N-dealkylation sites (tertiary alicyclic amines) is 2. The van der Waals surface area contributed by atoms with Crippen LogP contribution in [0.25, 0.3) is 0 Å². The maximum absolute atomic E-state index is 12.2. The average molecular weight is 1320 g/mol. The van der Waals surface area contributed by atoms with Crippen LogP contribution in [-0.4, -0.2) is 179 Å². The first-order chi connectivity index (χ1) is 45.5. The van der Waals surface area contributed by atoms with Crippen molar-refractivity contribution in [2.24, 2.45) is 5.73 Å². The Balaban J connectivity index is 0.000000327. The van der Waals surface area contributed by atoms with Gasteiger partial charge in [-0.15, -0.1) is 37.6 Å². The van der Waals surface area contributed by atoms with Crippen LogP contribution in [0, 0.1) is 25.2 Å². The van der Waals surface area contributed by atoms with Gasteiger partial charge in [-0.05, 0) is 92.9 Å². The number of carbonyl (C=O) groups is 2. The first kappa shape index (κ1) is 82.1. The first-order valence-corrected chi connectivity index (χ1v) is 32.8. The molecular formula is C78H111ClN8O8. The van der Waals surface area contributed by atoms with E-state index in [2.05, 4.69) is 220 Å². The number of ether oxygens (including phenoxy) is 6. The number of terminal acetylenes is 2. The van der Waals surface area contributed by atoms with Crippen molar-refractivity contribution in [1.82, 2.24) is 35.1 Å². The normalized spacial score (nSPS) is 20.3. The van der Waals surface area contributed by atoms with Crippen molar-refractivity contribution < 1.29 is 38.0 Å². The van der Waals surface area contributed by atoms with Crippen LogP contribution in [0.3, 0.4) is 0 Å². The van der Waals surface area contributed by atoms with Crippen LogP contribution in [0.5, 0.6) is 0 Å². The second kappa shape index (κ2) is 48.5. The maximum Gasteiger partial charge on any atom is 0.409 e. The molecule has 2 amide bonds. The Bertz CT molecular complexity index is 2730. The molecule has 0 bridgehead atoms. The number of nitrogens with zero attached hydrogens (tertiary/aromatic N) is 5. The summed E-state index contributed by atoms with van der Waals surface area (Å²) < 4.78 is 32.6. The highest BCUT2D eigenvalue weighted by Gasteiger charge is 2.37. The number of methoxy groups -OCH3 is 4. The van der Waals surface area contributed by atoms with Gasteiger partial charge in [0.25, 0.3) is 0 Å². The lowest BCUT2D eigenvalue weighted by molar-refractivity contribution is -0.0413. The topological polar surface area (TPSA) is 156 Å². The van der Waals surface area contributed by atoms with E-state index in [1.165, 1.54) is 33.4 Å². The van der Waals surface area contributed by atoms with Gasteiger partial charge in [0.05, 0.1) is 50.7 Å². The Kier molecular flexibility index (Phi) is 42.0. The summed E-state index contributed by atoms with van der Waals surface area (Å²) in [6.07, 6.45) is 16.3. The van der Waals surface area contributed by atoms with Gasteiger partial charge < -0.3 is 54.6 Å². The molecule has 17 heteroatoms. The minimum Gasteiger partial charge on any atom is -0.450 e. The Morgan fingerprint density at radius 3 is 0.979 bits per heavy atom. The highest BCUT2D eigenvalue weighted by molar-refractivity contribution is 5.85. The fourth-order valence-electron chi connectivity index (χ4n) is 12.2. The summed E-state index contributed by atoms with van der Waals surface area (Å²) in [6.45, 7) is 18.0. The van der Waals surface area contributed by atoms with E-state index < -0.39 is 0 Å². The van der Waals surface area contributed by atoms with E-state index in [4.69, 9.17) is 34.2 Å². The van der Waals surface area contributed by atoms with E-state index in [-0.39, 0.29) is 68.5 Å². The number of carbonyl (C=O) groups excluding carboxylic acids is 2. The van der Waals surface area contributed by atoms with Crippen LogP contribution >= 0.6 is 12.4 Å². The van der Waals surface area contributed by atoms with Gasteiger partial charge in [0.2, 0.25) is 0 Å². The van der Waals surface area contributed by atoms with E-state index in [9.17, 15) is 9.59 Å². The van der Waals surface area contributed by atoms with Gasteiger partial charge in [0.15, 0.2) is 0 Å². The molecule has 16 nitrogen and oxygen atoms in total. The number of amides is 2. The number of hydrogen-bond acceptors (Lipinski definition) is 14. The number of piperidine rings is 4. The quantitative estimate of drug-likeness (QED) is 0.0585. The SMILES string of the molecule is C.C#C.C#CC.CCOC(=O)N1CCC(N(Cc2ccccc2)Cc2ccccc2)C(OC)C1.CCOC(=O)N1CCC(N)C(OC)C1.COC1CNCCC1N(Cc1ccccc1)Cc1ccccc1.CO[C@H]1CNCCC1N(Cc1ccccc1)Cc1ccccc1.Cl. The summed E-state index contributed by atoms with van der Waals surface area (Å²) in [5, 5.41) is 6.89. The predicted octanol–water partition coefficient (Wildman–Crippen LogP) is 12.2. The van der Waals surface area contributed by atoms with Crippen LogP contribution in [0.4, 0.5) is 9.59 Å². The molecule has 0 aromatic heterocycles. The fraction of sp³-hybridized carbons (Fsp3) is 0.462. The number of halogens is 1. The van der Waals surface area contributed by atoms with Crippen molar-refractivity contribution in [1.29, 1.82) is 0 Å². The summed E-state index contributed by atoms with van der Waals surface area (Å²) >= 11 is 0. The minimum atomic E-state index is -0.276. The Morgan fingerprint density at radius 2 is 0.716 bits per heavy atom. The standard InChI is InChI=1S/C23H30N2O3.2C20H26N2O.C9H18N2O3.C3H4.C2H2.CH4.ClH/c1-3-28-23(26)24-15-14-21(22(18-24)27-2)25(16-19-10-6-4-7-11-19)17-20-12-8-5-9-13-20;2*1-23-20-14-21-13-12-19(20)22(15-17-8-4-2-5-9-17)16-18-10-6-3-7-11-18;1-3-14-9(12)11-5-4-7(10)8(6-11)13-2;1-3-2;1-2;;/h4-13,21-22H,3,14-18H2,1-2H3;2*2-11,19-21H,12-16H2,1H3;7-8H,3-6,10H2,1-2H3;1H,2H3;1-2H;1H4;1H/t;19?,20-;;;;;;/m.0....../s1. The molecule has 10 rings (SSSR count). The molecule has 518 valence electrons. The molecule has 7 unspecified atom stereocenters. The van der Waals surface area contributed by atoms with E-state index in [1.54, 1.807) is 37.9 Å². The minimum absolute atomic E-state index is 0. The maximum atomic E-state index is 12.2. The van der Waals surface area contributed by atoms with E-state index in [0.29, 0.717) is 51.5 Å². The van der Waals surface area contributed by atoms with Crippen molar-refractivity contribution in [3.8, 4) is 25.2 Å². The zero-order chi connectivity index (χ0) is 66.8. The molecule has 4 aliphatic rings. The number of nitrogens with two attached hydrogens (primary N) is 1. The van der Waals surface area contributed by atoms with Gasteiger partial charge in [-0.25, -0.2) is 9.59 Å². The molecule has 4 N–H and O–H groups in total. The van der Waals surface area contributed by atoms with Crippen LogP contribution in [-0.2, 0) is 67.7 Å². The van der Waals surface area contributed by atoms with Crippen molar-refractivity contribution in [3.05, 3.63) is 215 Å². The van der Waals surface area contributed by atoms with Crippen molar-refractivity contribution >= 4 is 24.6 Å². The highest BCUT2D eigenvalue weighted by atomic mass is 35.5. The van der Waals surface area contributed by atoms with Gasteiger partial charge in [-0.3, -0.25) is 14.7 Å². The second-order valence-electron chi connectivity index (χ2n) is 23.2.